The van der Waals surface area contributed by atoms with Gasteiger partial charge in [0.1, 0.15) is 5.75 Å². The molecule has 1 N–H and O–H groups in total. The molecule has 0 atom stereocenters. The Morgan fingerprint density at radius 2 is 1.87 bits per heavy atom. The van der Waals surface area contributed by atoms with Crippen molar-refractivity contribution in [2.45, 2.75) is 18.2 Å². The Balaban J connectivity index is 1.70. The molecule has 1 heterocycles. The van der Waals surface area contributed by atoms with Gasteiger partial charge in [-0.05, 0) is 60.9 Å². The van der Waals surface area contributed by atoms with Crippen LogP contribution in [0.3, 0.4) is 0 Å². The van der Waals surface area contributed by atoms with Crippen molar-refractivity contribution in [1.82, 2.24) is 0 Å². The maximum absolute atomic E-state index is 13.4. The normalized spacial score (nSPS) is 13.1. The number of anilines is 2. The van der Waals surface area contributed by atoms with Crippen LogP contribution in [0.25, 0.3) is 0 Å². The van der Waals surface area contributed by atoms with Crippen LogP contribution in [0.1, 0.15) is 21.5 Å². The average Bonchev–Trinajstić information content (AvgIpc) is 3.20. The number of fused-ring (bicyclic) bond motifs is 1. The number of aryl methyl sites for hydroxylation is 1. The van der Waals surface area contributed by atoms with E-state index in [1.807, 2.05) is 31.2 Å². The number of hydrogen-bond donors (Lipinski definition) is 1. The zero-order valence-electron chi connectivity index (χ0n) is 17.1. The second-order valence-electron chi connectivity index (χ2n) is 7.26. The lowest BCUT2D eigenvalue weighted by Gasteiger charge is -2.20. The zero-order valence-corrected chi connectivity index (χ0v) is 18.6. The lowest BCUT2D eigenvalue weighted by atomic mass is 10.1. The lowest BCUT2D eigenvalue weighted by Crippen LogP contribution is -2.29. The Hall–Kier alpha value is -3.03. The van der Waals surface area contributed by atoms with E-state index in [2.05, 4.69) is 5.32 Å². The lowest BCUT2D eigenvalue weighted by molar-refractivity contribution is 0.102. The summed E-state index contributed by atoms with van der Waals surface area (Å²) in [5.41, 5.74) is 3.13. The van der Waals surface area contributed by atoms with Crippen molar-refractivity contribution < 1.29 is 17.9 Å². The van der Waals surface area contributed by atoms with Gasteiger partial charge in [-0.2, -0.15) is 0 Å². The van der Waals surface area contributed by atoms with Crippen LogP contribution in [0.4, 0.5) is 11.4 Å². The number of nitrogens with one attached hydrogen (secondary N) is 1. The number of nitrogens with zero attached hydrogens (tertiary/aromatic N) is 1. The highest BCUT2D eigenvalue weighted by molar-refractivity contribution is 7.92. The van der Waals surface area contributed by atoms with Crippen molar-refractivity contribution >= 4 is 38.9 Å². The van der Waals surface area contributed by atoms with Crippen molar-refractivity contribution in [3.63, 3.8) is 0 Å². The molecule has 1 amide bonds. The number of carbonyl (C=O) groups is 1. The minimum absolute atomic E-state index is 0.0187. The molecule has 0 spiro atoms. The Kier molecular flexibility index (Phi) is 5.64. The summed E-state index contributed by atoms with van der Waals surface area (Å²) in [4.78, 5) is 13.0. The molecular weight excluding hydrogens is 436 g/mol. The Labute approximate surface area is 186 Å². The monoisotopic (exact) mass is 456 g/mol. The van der Waals surface area contributed by atoms with Crippen LogP contribution in [-0.2, 0) is 16.4 Å². The van der Waals surface area contributed by atoms with E-state index in [9.17, 15) is 13.2 Å². The number of hydrogen-bond acceptors (Lipinski definition) is 4. The number of benzene rings is 3. The molecule has 0 fully saturated rings. The van der Waals surface area contributed by atoms with Gasteiger partial charge in [0.15, 0.2) is 0 Å². The van der Waals surface area contributed by atoms with Gasteiger partial charge in [-0.25, -0.2) is 8.42 Å². The van der Waals surface area contributed by atoms with E-state index in [4.69, 9.17) is 16.3 Å². The molecule has 8 heteroatoms. The second kappa shape index (κ2) is 8.24. The summed E-state index contributed by atoms with van der Waals surface area (Å²) in [6, 6.07) is 16.9. The van der Waals surface area contributed by atoms with E-state index < -0.39 is 15.9 Å². The average molecular weight is 457 g/mol. The third-order valence-corrected chi connectivity index (χ3v) is 7.34. The standard InChI is InChI=1S/C23H21ClN2O4S/c1-15-7-9-20(19(24)13-15)25-23(27)18-14-17(8-10-22(18)30-2)31(28,29)26-12-11-16-5-3-4-6-21(16)26/h3-10,13-14H,11-12H2,1-2H3,(H,25,27). The maximum atomic E-state index is 13.4. The zero-order chi connectivity index (χ0) is 22.2. The molecule has 0 radical (unpaired) electrons. The van der Waals surface area contributed by atoms with E-state index >= 15 is 0 Å². The first-order valence-corrected chi connectivity index (χ1v) is 11.5. The Morgan fingerprint density at radius 1 is 1.10 bits per heavy atom. The molecule has 0 bridgehead atoms. The molecule has 1 aliphatic heterocycles. The first kappa shape index (κ1) is 21.2. The number of rotatable bonds is 5. The van der Waals surface area contributed by atoms with Gasteiger partial charge in [-0.3, -0.25) is 9.10 Å². The highest BCUT2D eigenvalue weighted by Gasteiger charge is 2.31. The Bertz CT molecular complexity index is 1270. The van der Waals surface area contributed by atoms with Gasteiger partial charge < -0.3 is 10.1 Å². The van der Waals surface area contributed by atoms with Gasteiger partial charge in [0, 0.05) is 6.54 Å². The van der Waals surface area contributed by atoms with Gasteiger partial charge >= 0.3 is 0 Å². The number of sulfonamides is 1. The summed E-state index contributed by atoms with van der Waals surface area (Å²) in [6.07, 6.45) is 0.644. The Morgan fingerprint density at radius 3 is 2.61 bits per heavy atom. The molecular formula is C23H21ClN2O4S. The predicted octanol–water partition coefficient (Wildman–Crippen LogP) is 4.66. The molecule has 31 heavy (non-hydrogen) atoms. The third-order valence-electron chi connectivity index (χ3n) is 5.22. The number of ether oxygens (including phenoxy) is 1. The number of halogens is 1. The number of amides is 1. The molecule has 0 saturated heterocycles. The van der Waals surface area contributed by atoms with Crippen LogP contribution in [0.5, 0.6) is 5.75 Å². The molecule has 0 unspecified atom stereocenters. The molecule has 4 rings (SSSR count). The third kappa shape index (κ3) is 3.98. The van der Waals surface area contributed by atoms with Crippen LogP contribution in [0.2, 0.25) is 5.02 Å². The summed E-state index contributed by atoms with van der Waals surface area (Å²) < 4.78 is 33.4. The highest BCUT2D eigenvalue weighted by atomic mass is 35.5. The van der Waals surface area contributed by atoms with Gasteiger partial charge in [-0.1, -0.05) is 35.9 Å². The minimum atomic E-state index is -3.85. The summed E-state index contributed by atoms with van der Waals surface area (Å²) in [5, 5.41) is 3.13. The van der Waals surface area contributed by atoms with Crippen molar-refractivity contribution in [3.8, 4) is 5.75 Å². The van der Waals surface area contributed by atoms with Crippen molar-refractivity contribution in [3.05, 3.63) is 82.4 Å². The van der Waals surface area contributed by atoms with E-state index in [-0.39, 0.29) is 16.2 Å². The second-order valence-corrected chi connectivity index (χ2v) is 9.52. The number of carbonyl (C=O) groups excluding carboxylic acids is 1. The molecule has 6 nitrogen and oxygen atoms in total. The van der Waals surface area contributed by atoms with Gasteiger partial charge in [0.2, 0.25) is 0 Å². The number of methoxy groups -OCH3 is 1. The minimum Gasteiger partial charge on any atom is -0.496 e. The first-order chi connectivity index (χ1) is 14.8. The largest absolute Gasteiger partial charge is 0.496 e. The highest BCUT2D eigenvalue weighted by Crippen LogP contribution is 2.34. The van der Waals surface area contributed by atoms with Crippen LogP contribution >= 0.6 is 11.6 Å². The van der Waals surface area contributed by atoms with E-state index in [0.29, 0.717) is 29.4 Å². The fourth-order valence-corrected chi connectivity index (χ4v) is 5.43. The van der Waals surface area contributed by atoms with E-state index in [1.165, 1.54) is 29.6 Å². The summed E-state index contributed by atoms with van der Waals surface area (Å²) in [7, 11) is -2.42. The molecule has 3 aromatic rings. The summed E-state index contributed by atoms with van der Waals surface area (Å²) in [6.45, 7) is 2.25. The fraction of sp³-hybridized carbons (Fsp3) is 0.174. The molecule has 0 aromatic heterocycles. The fourth-order valence-electron chi connectivity index (χ4n) is 3.62. The van der Waals surface area contributed by atoms with Crippen molar-refractivity contribution in [2.75, 3.05) is 23.3 Å². The smallest absolute Gasteiger partial charge is 0.264 e. The summed E-state index contributed by atoms with van der Waals surface area (Å²) in [5.74, 6) is -0.247. The topological polar surface area (TPSA) is 75.7 Å². The van der Waals surface area contributed by atoms with Crippen molar-refractivity contribution in [2.24, 2.45) is 0 Å². The van der Waals surface area contributed by atoms with Crippen LogP contribution in [-0.4, -0.2) is 28.0 Å². The molecule has 3 aromatic carbocycles. The first-order valence-electron chi connectivity index (χ1n) is 9.67. The molecule has 0 aliphatic carbocycles. The molecule has 160 valence electrons. The van der Waals surface area contributed by atoms with Gasteiger partial charge in [0.25, 0.3) is 15.9 Å². The predicted molar refractivity (Wildman–Crippen MR) is 122 cm³/mol. The SMILES string of the molecule is COc1ccc(S(=O)(=O)N2CCc3ccccc32)cc1C(=O)Nc1ccc(C)cc1Cl. The van der Waals surface area contributed by atoms with Gasteiger partial charge in [-0.15, -0.1) is 0 Å². The van der Waals surface area contributed by atoms with Crippen LogP contribution < -0.4 is 14.4 Å². The van der Waals surface area contributed by atoms with Crippen molar-refractivity contribution in [1.29, 1.82) is 0 Å². The van der Waals surface area contributed by atoms with E-state index in [1.54, 1.807) is 18.2 Å². The van der Waals surface area contributed by atoms with Gasteiger partial charge in [0.05, 0.1) is 34.0 Å². The quantitative estimate of drug-likeness (QED) is 0.605. The number of para-hydroxylation sites is 1. The maximum Gasteiger partial charge on any atom is 0.264 e. The van der Waals surface area contributed by atoms with Crippen LogP contribution in [0.15, 0.2) is 65.6 Å². The van der Waals surface area contributed by atoms with Crippen LogP contribution in [0, 0.1) is 6.92 Å². The molecule has 0 saturated carbocycles. The van der Waals surface area contributed by atoms with E-state index in [0.717, 1.165) is 11.1 Å². The molecule has 1 aliphatic rings. The summed E-state index contributed by atoms with van der Waals surface area (Å²) >= 11 is 6.22.